The van der Waals surface area contributed by atoms with Crippen molar-refractivity contribution in [2.24, 2.45) is 0 Å². The summed E-state index contributed by atoms with van der Waals surface area (Å²) >= 11 is 0. The fourth-order valence-corrected chi connectivity index (χ4v) is 5.61. The van der Waals surface area contributed by atoms with Crippen molar-refractivity contribution in [2.75, 3.05) is 5.32 Å². The van der Waals surface area contributed by atoms with Crippen LogP contribution in [-0.2, 0) is 0 Å². The lowest BCUT2D eigenvalue weighted by atomic mass is 9.93. The van der Waals surface area contributed by atoms with Gasteiger partial charge in [0.15, 0.2) is 0 Å². The largest absolute Gasteiger partial charge is 0.393 e. The van der Waals surface area contributed by atoms with E-state index < -0.39 is 0 Å². The van der Waals surface area contributed by atoms with Crippen LogP contribution < -0.4 is 10.6 Å². The van der Waals surface area contributed by atoms with Gasteiger partial charge in [-0.05, 0) is 63.9 Å². The standard InChI is InChI=1S/C24H35N5O/c1-3-4-15(2)26-24-25-13-21-22(16-11-17-5-6-18(12-16)27-17)14-29(23(21)28-24)19-7-9-20(30)10-8-19/h11,13-15,17-20,27,30H,3-10,12H2,1-2H3,(H,25,26,28)/t15-,17?,18?,19?,20?/m0/s1. The Kier molecular flexibility index (Phi) is 5.54. The number of hydrogen-bond acceptors (Lipinski definition) is 5. The lowest BCUT2D eigenvalue weighted by Gasteiger charge is -2.27. The number of aliphatic hydroxyl groups is 1. The topological polar surface area (TPSA) is 75.0 Å². The van der Waals surface area contributed by atoms with Gasteiger partial charge in [-0.15, -0.1) is 0 Å². The van der Waals surface area contributed by atoms with E-state index in [1.807, 2.05) is 6.20 Å². The molecule has 6 nitrogen and oxygen atoms in total. The van der Waals surface area contributed by atoms with Crippen molar-refractivity contribution >= 4 is 22.6 Å². The Bertz CT molecular complexity index is 927. The van der Waals surface area contributed by atoms with Gasteiger partial charge in [0.05, 0.1) is 6.10 Å². The van der Waals surface area contributed by atoms with E-state index in [4.69, 9.17) is 9.97 Å². The van der Waals surface area contributed by atoms with Crippen LogP contribution >= 0.6 is 0 Å². The summed E-state index contributed by atoms with van der Waals surface area (Å²) in [5.41, 5.74) is 3.80. The van der Waals surface area contributed by atoms with Crippen molar-refractivity contribution < 1.29 is 5.11 Å². The predicted molar refractivity (Wildman–Crippen MR) is 122 cm³/mol. The van der Waals surface area contributed by atoms with Gasteiger partial charge in [0.1, 0.15) is 5.65 Å². The minimum atomic E-state index is -0.146. The van der Waals surface area contributed by atoms with Crippen molar-refractivity contribution in [3.05, 3.63) is 24.0 Å². The van der Waals surface area contributed by atoms with Gasteiger partial charge in [-0.2, -0.15) is 4.98 Å². The van der Waals surface area contributed by atoms with Crippen LogP contribution in [0, 0.1) is 0 Å². The van der Waals surface area contributed by atoms with Gasteiger partial charge in [-0.25, -0.2) is 4.98 Å². The second-order valence-corrected chi connectivity index (χ2v) is 9.62. The van der Waals surface area contributed by atoms with Crippen LogP contribution in [0.15, 0.2) is 18.5 Å². The molecule has 30 heavy (non-hydrogen) atoms. The third kappa shape index (κ3) is 3.87. The molecule has 0 amide bonds. The summed E-state index contributed by atoms with van der Waals surface area (Å²) in [4.78, 5) is 9.69. The van der Waals surface area contributed by atoms with E-state index >= 15 is 0 Å². The van der Waals surface area contributed by atoms with E-state index in [9.17, 15) is 5.11 Å². The number of rotatable bonds is 6. The van der Waals surface area contributed by atoms with Crippen LogP contribution in [0.5, 0.6) is 0 Å². The smallest absolute Gasteiger partial charge is 0.224 e. The number of nitrogens with zero attached hydrogens (tertiary/aromatic N) is 3. The van der Waals surface area contributed by atoms with E-state index in [0.717, 1.165) is 56.5 Å². The van der Waals surface area contributed by atoms with Gasteiger partial charge >= 0.3 is 0 Å². The highest BCUT2D eigenvalue weighted by molar-refractivity contribution is 5.91. The Labute approximate surface area is 179 Å². The molecule has 2 bridgehead atoms. The van der Waals surface area contributed by atoms with Gasteiger partial charge < -0.3 is 20.3 Å². The molecule has 1 saturated heterocycles. The van der Waals surface area contributed by atoms with E-state index in [0.29, 0.717) is 24.2 Å². The van der Waals surface area contributed by atoms with Gasteiger partial charge in [-0.1, -0.05) is 19.4 Å². The zero-order valence-electron chi connectivity index (χ0n) is 18.3. The Hall–Kier alpha value is -1.92. The van der Waals surface area contributed by atoms with Crippen LogP contribution in [0.3, 0.4) is 0 Å². The second kappa shape index (κ2) is 8.31. The van der Waals surface area contributed by atoms with Crippen LogP contribution in [0.25, 0.3) is 16.6 Å². The molecule has 162 valence electrons. The molecule has 3 atom stereocenters. The van der Waals surface area contributed by atoms with Crippen LogP contribution in [-0.4, -0.2) is 43.9 Å². The lowest BCUT2D eigenvalue weighted by molar-refractivity contribution is 0.111. The highest BCUT2D eigenvalue weighted by Crippen LogP contribution is 2.39. The van der Waals surface area contributed by atoms with Crippen molar-refractivity contribution in [3.63, 3.8) is 0 Å². The van der Waals surface area contributed by atoms with Crippen LogP contribution in [0.1, 0.15) is 83.2 Å². The predicted octanol–water partition coefficient (Wildman–Crippen LogP) is 4.42. The number of aromatic nitrogens is 3. The zero-order chi connectivity index (χ0) is 20.7. The van der Waals surface area contributed by atoms with Gasteiger partial charge in [0, 0.05) is 47.5 Å². The summed E-state index contributed by atoms with van der Waals surface area (Å²) in [6.45, 7) is 4.40. The second-order valence-electron chi connectivity index (χ2n) is 9.62. The number of fused-ring (bicyclic) bond motifs is 3. The van der Waals surface area contributed by atoms with Gasteiger partial charge in [-0.3, -0.25) is 0 Å². The van der Waals surface area contributed by atoms with Crippen LogP contribution in [0.4, 0.5) is 5.95 Å². The molecule has 3 N–H and O–H groups in total. The summed E-state index contributed by atoms with van der Waals surface area (Å²) in [5, 5.41) is 18.4. The molecule has 3 aliphatic rings. The first-order valence-corrected chi connectivity index (χ1v) is 11.9. The van der Waals surface area contributed by atoms with Crippen molar-refractivity contribution in [2.45, 2.75) is 102 Å². The first-order chi connectivity index (χ1) is 14.6. The fraction of sp³-hybridized carbons (Fsp3) is 0.667. The molecule has 2 unspecified atom stereocenters. The molecule has 2 fully saturated rings. The molecule has 1 aliphatic carbocycles. The third-order valence-electron chi connectivity index (χ3n) is 7.22. The first kappa shape index (κ1) is 20.0. The third-order valence-corrected chi connectivity index (χ3v) is 7.22. The lowest BCUT2D eigenvalue weighted by Crippen LogP contribution is -2.31. The number of nitrogens with one attached hydrogen (secondary N) is 2. The highest BCUT2D eigenvalue weighted by Gasteiger charge is 2.31. The zero-order valence-corrected chi connectivity index (χ0v) is 18.3. The summed E-state index contributed by atoms with van der Waals surface area (Å²) in [7, 11) is 0. The molecular weight excluding hydrogens is 374 g/mol. The number of anilines is 1. The fourth-order valence-electron chi connectivity index (χ4n) is 5.61. The molecule has 4 heterocycles. The monoisotopic (exact) mass is 409 g/mol. The molecule has 0 spiro atoms. The minimum Gasteiger partial charge on any atom is -0.393 e. The maximum absolute atomic E-state index is 9.99. The Morgan fingerprint density at radius 2 is 2.07 bits per heavy atom. The molecule has 2 aliphatic heterocycles. The SMILES string of the molecule is CCC[C@H](C)Nc1ncc2c(C3=CC4CCC(C3)N4)cn(C3CCC(O)CC3)c2n1. The minimum absolute atomic E-state index is 0.146. The van der Waals surface area contributed by atoms with Gasteiger partial charge in [0.2, 0.25) is 5.95 Å². The number of hydrogen-bond donors (Lipinski definition) is 3. The summed E-state index contributed by atoms with van der Waals surface area (Å²) in [6, 6.07) is 1.89. The highest BCUT2D eigenvalue weighted by atomic mass is 16.3. The van der Waals surface area contributed by atoms with E-state index in [-0.39, 0.29) is 6.10 Å². The van der Waals surface area contributed by atoms with Crippen molar-refractivity contribution in [1.29, 1.82) is 0 Å². The number of aliphatic hydroxyl groups excluding tert-OH is 1. The van der Waals surface area contributed by atoms with E-state index in [1.165, 1.54) is 29.4 Å². The molecule has 1 saturated carbocycles. The quantitative estimate of drug-likeness (QED) is 0.659. The van der Waals surface area contributed by atoms with Gasteiger partial charge in [0.25, 0.3) is 0 Å². The molecule has 5 rings (SSSR count). The van der Waals surface area contributed by atoms with Crippen molar-refractivity contribution in [3.8, 4) is 0 Å². The van der Waals surface area contributed by atoms with E-state index in [1.54, 1.807) is 0 Å². The van der Waals surface area contributed by atoms with Crippen molar-refractivity contribution in [1.82, 2.24) is 19.9 Å². The normalized spacial score (nSPS) is 29.8. The molecule has 0 radical (unpaired) electrons. The first-order valence-electron chi connectivity index (χ1n) is 11.9. The molecule has 0 aromatic carbocycles. The maximum Gasteiger partial charge on any atom is 0.224 e. The molecule has 6 heteroatoms. The molecule has 2 aromatic heterocycles. The average Bonchev–Trinajstić information content (AvgIpc) is 3.28. The summed E-state index contributed by atoms with van der Waals surface area (Å²) in [5.74, 6) is 0.726. The summed E-state index contributed by atoms with van der Waals surface area (Å²) in [6.07, 6.45) is 16.3. The molecular formula is C24H35N5O. The Morgan fingerprint density at radius 1 is 1.23 bits per heavy atom. The molecule has 2 aromatic rings. The Morgan fingerprint density at radius 3 is 2.83 bits per heavy atom. The summed E-state index contributed by atoms with van der Waals surface area (Å²) < 4.78 is 2.39. The van der Waals surface area contributed by atoms with E-state index in [2.05, 4.69) is 41.3 Å². The average molecular weight is 410 g/mol. The Balaban J connectivity index is 1.54. The van der Waals surface area contributed by atoms with Crippen LogP contribution in [0.2, 0.25) is 0 Å². The maximum atomic E-state index is 9.99.